The number of pyridine rings is 2. The summed E-state index contributed by atoms with van der Waals surface area (Å²) in [6, 6.07) is 13.6. The number of fused-ring (bicyclic) bond motifs is 3. The number of carbonyl (C=O) groups excluding carboxylic acids is 1. The van der Waals surface area contributed by atoms with Gasteiger partial charge in [-0.2, -0.15) is 0 Å². The molecule has 2 heterocycles. The van der Waals surface area contributed by atoms with Gasteiger partial charge >= 0.3 is 162 Å². The second-order valence-electron chi connectivity index (χ2n) is 9.60. The van der Waals surface area contributed by atoms with Crippen molar-refractivity contribution in [2.24, 2.45) is 0 Å². The van der Waals surface area contributed by atoms with Crippen molar-refractivity contribution in [3.05, 3.63) is 77.6 Å². The summed E-state index contributed by atoms with van der Waals surface area (Å²) in [4.78, 5) is 19.2. The van der Waals surface area contributed by atoms with E-state index in [0.717, 1.165) is 38.7 Å². The van der Waals surface area contributed by atoms with Gasteiger partial charge in [-0.3, -0.25) is 4.79 Å². The van der Waals surface area contributed by atoms with Gasteiger partial charge in [0.1, 0.15) is 0 Å². The first-order valence-corrected chi connectivity index (χ1v) is 18.5. The SMILES string of the molecule is CC(=O)/C=C(/C)O.Cc1[c-]c(-c2ncc(F)c3c2cnc2[c]([Ge]([CH3])([CH3])[CH3])cccc23)cc(C)c1.[Ir]. The van der Waals surface area contributed by atoms with Crippen molar-refractivity contribution in [3.63, 3.8) is 0 Å². The molecule has 0 saturated carbocycles. The Bertz CT molecular complexity index is 1400. The number of ketones is 1. The van der Waals surface area contributed by atoms with Crippen LogP contribution in [0.3, 0.4) is 0 Å². The van der Waals surface area contributed by atoms with Gasteiger partial charge in [0.2, 0.25) is 0 Å². The minimum atomic E-state index is -2.14. The van der Waals surface area contributed by atoms with Crippen LogP contribution in [-0.2, 0) is 24.9 Å². The van der Waals surface area contributed by atoms with Crippen LogP contribution in [0.1, 0.15) is 25.0 Å². The average molecular weight is 710 g/mol. The quantitative estimate of drug-likeness (QED) is 0.0858. The van der Waals surface area contributed by atoms with Crippen LogP contribution >= 0.6 is 0 Å². The van der Waals surface area contributed by atoms with Gasteiger partial charge in [0.05, 0.1) is 5.76 Å². The monoisotopic (exact) mass is 712 g/mol. The van der Waals surface area contributed by atoms with Crippen molar-refractivity contribution in [1.82, 2.24) is 9.97 Å². The average Bonchev–Trinajstić information content (AvgIpc) is 2.71. The minimum Gasteiger partial charge on any atom is 0 e. The molecule has 0 spiro atoms. The molecule has 0 saturated heterocycles. The fraction of sp³-hybridized carbons (Fsp3) is 0.250. The van der Waals surface area contributed by atoms with Crippen molar-refractivity contribution in [1.29, 1.82) is 0 Å². The Morgan fingerprint density at radius 3 is 2.29 bits per heavy atom. The van der Waals surface area contributed by atoms with Crippen LogP contribution in [0.5, 0.6) is 0 Å². The Labute approximate surface area is 222 Å². The van der Waals surface area contributed by atoms with E-state index in [1.807, 2.05) is 32.0 Å². The van der Waals surface area contributed by atoms with Crippen molar-refractivity contribution in [2.45, 2.75) is 45.0 Å². The molecule has 1 radical (unpaired) electrons. The molecule has 4 aromatic rings. The summed E-state index contributed by atoms with van der Waals surface area (Å²) in [7, 11) is 0. The minimum absolute atomic E-state index is 0. The number of halogens is 1. The van der Waals surface area contributed by atoms with E-state index in [4.69, 9.17) is 10.1 Å². The van der Waals surface area contributed by atoms with Crippen molar-refractivity contribution < 1.29 is 34.4 Å². The summed E-state index contributed by atoms with van der Waals surface area (Å²) >= 11 is -2.14. The summed E-state index contributed by atoms with van der Waals surface area (Å²) in [6.07, 6.45) is 4.28. The Morgan fingerprint density at radius 1 is 1.06 bits per heavy atom. The number of aliphatic hydroxyl groups excluding tert-OH is 1. The third-order valence-electron chi connectivity index (χ3n) is 5.32. The zero-order chi connectivity index (χ0) is 25.2. The van der Waals surface area contributed by atoms with Crippen LogP contribution in [0.25, 0.3) is 32.9 Å². The molecule has 185 valence electrons. The fourth-order valence-electron chi connectivity index (χ4n) is 4.05. The molecule has 0 bridgehead atoms. The fourth-order valence-corrected chi connectivity index (χ4v) is 7.21. The van der Waals surface area contributed by atoms with Crippen LogP contribution in [0, 0.1) is 25.7 Å². The Kier molecular flexibility index (Phi) is 9.51. The molecule has 2 aromatic heterocycles. The van der Waals surface area contributed by atoms with E-state index in [0.29, 0.717) is 5.39 Å². The van der Waals surface area contributed by atoms with Gasteiger partial charge in [0.25, 0.3) is 0 Å². The summed E-state index contributed by atoms with van der Waals surface area (Å²) in [5.74, 6) is 6.63. The first kappa shape index (κ1) is 28.8. The number of rotatable bonds is 3. The molecule has 2 aromatic carbocycles. The number of benzene rings is 2. The molecule has 1 N–H and O–H groups in total. The van der Waals surface area contributed by atoms with Gasteiger partial charge < -0.3 is 5.11 Å². The molecule has 0 fully saturated rings. The van der Waals surface area contributed by atoms with Gasteiger partial charge in [0.15, 0.2) is 5.78 Å². The molecule has 0 aliphatic heterocycles. The predicted molar refractivity (Wildman–Crippen MR) is 141 cm³/mol. The smallest absolute Gasteiger partial charge is 0 e. The van der Waals surface area contributed by atoms with E-state index in [-0.39, 0.29) is 37.5 Å². The zero-order valence-corrected chi connectivity index (χ0v) is 25.6. The maximum Gasteiger partial charge on any atom is 0 e. The number of para-hydroxylation sites is 1. The Hall–Kier alpha value is -2.41. The third kappa shape index (κ3) is 6.84. The zero-order valence-electron chi connectivity index (χ0n) is 21.1. The Balaban J connectivity index is 0.000000476. The number of allylic oxidation sites excluding steroid dienone is 2. The van der Waals surface area contributed by atoms with Crippen LogP contribution < -0.4 is 4.40 Å². The first-order chi connectivity index (χ1) is 15.9. The second-order valence-corrected chi connectivity index (χ2v) is 20.2. The van der Waals surface area contributed by atoms with E-state index < -0.39 is 13.3 Å². The summed E-state index contributed by atoms with van der Waals surface area (Å²) in [6.45, 7) is 6.91. The number of aromatic nitrogens is 2. The molecule has 4 nitrogen and oxygen atoms in total. The van der Waals surface area contributed by atoms with E-state index in [2.05, 4.69) is 40.5 Å². The molecular weight excluding hydrogens is 680 g/mol. The molecule has 0 aliphatic rings. The number of aliphatic hydroxyl groups is 1. The third-order valence-corrected chi connectivity index (χ3v) is 9.56. The molecule has 0 amide bonds. The van der Waals surface area contributed by atoms with Crippen LogP contribution in [0.15, 0.2) is 54.6 Å². The number of aryl methyl sites for hydroxylation is 2. The van der Waals surface area contributed by atoms with Gasteiger partial charge in [-0.25, -0.2) is 0 Å². The number of carbonyl (C=O) groups is 1. The van der Waals surface area contributed by atoms with E-state index in [9.17, 15) is 9.18 Å². The van der Waals surface area contributed by atoms with E-state index >= 15 is 0 Å². The van der Waals surface area contributed by atoms with Crippen molar-refractivity contribution in [2.75, 3.05) is 0 Å². The van der Waals surface area contributed by atoms with E-state index in [1.165, 1.54) is 30.5 Å². The normalized spacial score (nSPS) is 11.6. The number of nitrogens with zero attached hydrogens (tertiary/aromatic N) is 2. The second kappa shape index (κ2) is 11.6. The standard InChI is InChI=1S/C23H22FGeN2.C5H8O2.Ir/c1-14-9-15(2)11-16(10-14)22-18-12-26-23-17(21(18)19(24)13-27-22)7-6-8-20(23)25(3,4)5;1-4(6)3-5(2)7;/h6-10,12-13H,1-5H3;3,6H,1-2H3;/q-1;;/b;4-3-;. The summed E-state index contributed by atoms with van der Waals surface area (Å²) in [5, 5.41) is 10.6. The van der Waals surface area contributed by atoms with Gasteiger partial charge in [-0.05, 0) is 13.8 Å². The van der Waals surface area contributed by atoms with Gasteiger partial charge in [0, 0.05) is 26.2 Å². The summed E-state index contributed by atoms with van der Waals surface area (Å²) in [5.41, 5.74) is 4.72. The van der Waals surface area contributed by atoms with Crippen molar-refractivity contribution in [3.8, 4) is 11.3 Å². The largest absolute Gasteiger partial charge is 0 e. The number of hydrogen-bond acceptors (Lipinski definition) is 4. The molecule has 4 rings (SSSR count). The van der Waals surface area contributed by atoms with Gasteiger partial charge in [-0.1, -0.05) is 0 Å². The molecule has 0 aliphatic carbocycles. The van der Waals surface area contributed by atoms with Crippen LogP contribution in [-0.4, -0.2) is 34.1 Å². The molecule has 7 heteroatoms. The van der Waals surface area contributed by atoms with Crippen molar-refractivity contribution >= 4 is 45.1 Å². The molecule has 0 unspecified atom stereocenters. The summed E-state index contributed by atoms with van der Waals surface area (Å²) < 4.78 is 16.2. The first-order valence-electron chi connectivity index (χ1n) is 11.1. The maximum atomic E-state index is 14.9. The molecular formula is C28H30FGeIrN2O2-. The van der Waals surface area contributed by atoms with Crippen LogP contribution in [0.4, 0.5) is 4.39 Å². The maximum absolute atomic E-state index is 14.9. The molecule has 0 atom stereocenters. The molecule has 35 heavy (non-hydrogen) atoms. The Morgan fingerprint density at radius 2 is 1.74 bits per heavy atom. The predicted octanol–water partition coefficient (Wildman–Crippen LogP) is 6.59. The van der Waals surface area contributed by atoms with Crippen LogP contribution in [0.2, 0.25) is 17.3 Å². The van der Waals surface area contributed by atoms with E-state index in [1.54, 1.807) is 6.20 Å². The topological polar surface area (TPSA) is 63.1 Å². The number of hydrogen-bond donors (Lipinski definition) is 1. The van der Waals surface area contributed by atoms with Gasteiger partial charge in [-0.15, -0.1) is 0 Å².